The molecule has 0 bridgehead atoms. The molecule has 4 nitrogen and oxygen atoms in total. The van der Waals surface area contributed by atoms with E-state index in [-0.39, 0.29) is 6.04 Å². The Morgan fingerprint density at radius 2 is 1.88 bits per heavy atom. The van der Waals surface area contributed by atoms with Crippen molar-refractivity contribution in [1.82, 2.24) is 5.32 Å². The second-order valence-corrected chi connectivity index (χ2v) is 4.29. The average molecular weight is 237 g/mol. The van der Waals surface area contributed by atoms with E-state index in [9.17, 15) is 5.11 Å². The SMILES string of the molecule is COc1cc(OC)cc(C(O)C2CCCN2)c1. The minimum atomic E-state index is -0.513. The van der Waals surface area contributed by atoms with E-state index in [1.54, 1.807) is 20.3 Å². The molecule has 1 aromatic rings. The molecule has 2 atom stereocenters. The Bertz CT molecular complexity index is 353. The normalized spacial score (nSPS) is 21.2. The second kappa shape index (κ2) is 5.38. The van der Waals surface area contributed by atoms with Crippen LogP contribution in [0.4, 0.5) is 0 Å². The summed E-state index contributed by atoms with van der Waals surface area (Å²) in [6.45, 7) is 0.975. The number of benzene rings is 1. The molecule has 0 aromatic heterocycles. The Kier molecular flexibility index (Phi) is 3.86. The third kappa shape index (κ3) is 2.70. The number of aliphatic hydroxyl groups excluding tert-OH is 1. The largest absolute Gasteiger partial charge is 0.497 e. The van der Waals surface area contributed by atoms with Gasteiger partial charge in [0.15, 0.2) is 0 Å². The van der Waals surface area contributed by atoms with Crippen molar-refractivity contribution >= 4 is 0 Å². The molecule has 1 aliphatic rings. The van der Waals surface area contributed by atoms with Crippen molar-refractivity contribution in [3.05, 3.63) is 23.8 Å². The van der Waals surface area contributed by atoms with Crippen LogP contribution < -0.4 is 14.8 Å². The van der Waals surface area contributed by atoms with E-state index in [0.29, 0.717) is 11.5 Å². The van der Waals surface area contributed by atoms with Crippen molar-refractivity contribution in [3.63, 3.8) is 0 Å². The molecule has 2 rings (SSSR count). The number of rotatable bonds is 4. The van der Waals surface area contributed by atoms with E-state index in [1.807, 2.05) is 12.1 Å². The lowest BCUT2D eigenvalue weighted by Gasteiger charge is -2.19. The van der Waals surface area contributed by atoms with Gasteiger partial charge in [-0.3, -0.25) is 0 Å². The Hall–Kier alpha value is -1.26. The number of hydrogen-bond donors (Lipinski definition) is 2. The third-order valence-electron chi connectivity index (χ3n) is 3.19. The molecule has 0 saturated carbocycles. The lowest BCUT2D eigenvalue weighted by atomic mass is 10.0. The molecule has 0 amide bonds. The van der Waals surface area contributed by atoms with Crippen molar-refractivity contribution in [2.75, 3.05) is 20.8 Å². The zero-order valence-corrected chi connectivity index (χ0v) is 10.3. The van der Waals surface area contributed by atoms with Gasteiger partial charge in [-0.1, -0.05) is 0 Å². The van der Waals surface area contributed by atoms with E-state index in [2.05, 4.69) is 5.32 Å². The van der Waals surface area contributed by atoms with E-state index in [1.165, 1.54) is 0 Å². The highest BCUT2D eigenvalue weighted by Crippen LogP contribution is 2.29. The molecule has 0 spiro atoms. The van der Waals surface area contributed by atoms with Crippen LogP contribution in [-0.2, 0) is 0 Å². The second-order valence-electron chi connectivity index (χ2n) is 4.29. The van der Waals surface area contributed by atoms with Crippen LogP contribution >= 0.6 is 0 Å². The monoisotopic (exact) mass is 237 g/mol. The van der Waals surface area contributed by atoms with Gasteiger partial charge in [-0.15, -0.1) is 0 Å². The van der Waals surface area contributed by atoms with Crippen molar-refractivity contribution in [2.24, 2.45) is 0 Å². The molecule has 1 heterocycles. The van der Waals surface area contributed by atoms with E-state index < -0.39 is 6.10 Å². The first-order chi connectivity index (χ1) is 8.24. The molecular weight excluding hydrogens is 218 g/mol. The van der Waals surface area contributed by atoms with Crippen molar-refractivity contribution < 1.29 is 14.6 Å². The van der Waals surface area contributed by atoms with Crippen LogP contribution in [0.15, 0.2) is 18.2 Å². The fourth-order valence-electron chi connectivity index (χ4n) is 2.21. The molecule has 4 heteroatoms. The van der Waals surface area contributed by atoms with E-state index in [0.717, 1.165) is 24.9 Å². The fraction of sp³-hybridized carbons (Fsp3) is 0.538. The van der Waals surface area contributed by atoms with Gasteiger partial charge >= 0.3 is 0 Å². The molecule has 2 unspecified atom stereocenters. The predicted octanol–water partition coefficient (Wildman–Crippen LogP) is 1.49. The molecular formula is C13H19NO3. The summed E-state index contributed by atoms with van der Waals surface area (Å²) in [7, 11) is 3.22. The quantitative estimate of drug-likeness (QED) is 0.833. The zero-order valence-electron chi connectivity index (χ0n) is 10.3. The zero-order chi connectivity index (χ0) is 12.3. The lowest BCUT2D eigenvalue weighted by Crippen LogP contribution is -2.28. The molecule has 94 valence electrons. The molecule has 0 aliphatic carbocycles. The number of nitrogens with one attached hydrogen (secondary N) is 1. The molecule has 0 radical (unpaired) electrons. The molecule has 2 N–H and O–H groups in total. The van der Waals surface area contributed by atoms with Crippen LogP contribution in [0.1, 0.15) is 24.5 Å². The number of aliphatic hydroxyl groups is 1. The Labute approximate surface area is 102 Å². The number of ether oxygens (including phenoxy) is 2. The van der Waals surface area contributed by atoms with Crippen molar-refractivity contribution in [1.29, 1.82) is 0 Å². The smallest absolute Gasteiger partial charge is 0.122 e. The molecule has 1 aromatic carbocycles. The number of hydrogen-bond acceptors (Lipinski definition) is 4. The summed E-state index contributed by atoms with van der Waals surface area (Å²) < 4.78 is 10.4. The topological polar surface area (TPSA) is 50.7 Å². The first kappa shape index (κ1) is 12.2. The van der Waals surface area contributed by atoms with Gasteiger partial charge in [0.25, 0.3) is 0 Å². The summed E-state index contributed by atoms with van der Waals surface area (Å²) in [5.41, 5.74) is 0.834. The molecule has 1 aliphatic heterocycles. The predicted molar refractivity (Wildman–Crippen MR) is 65.5 cm³/mol. The Morgan fingerprint density at radius 1 is 1.24 bits per heavy atom. The Morgan fingerprint density at radius 3 is 2.35 bits per heavy atom. The van der Waals surface area contributed by atoms with Gasteiger partial charge in [0.2, 0.25) is 0 Å². The summed E-state index contributed by atoms with van der Waals surface area (Å²) in [6.07, 6.45) is 1.60. The lowest BCUT2D eigenvalue weighted by molar-refractivity contribution is 0.137. The molecule has 17 heavy (non-hydrogen) atoms. The van der Waals surface area contributed by atoms with Crippen LogP contribution in [0.25, 0.3) is 0 Å². The van der Waals surface area contributed by atoms with Crippen LogP contribution in [0.5, 0.6) is 11.5 Å². The van der Waals surface area contributed by atoms with Gasteiger partial charge < -0.3 is 19.9 Å². The highest BCUT2D eigenvalue weighted by molar-refractivity contribution is 5.39. The van der Waals surface area contributed by atoms with Gasteiger partial charge in [-0.2, -0.15) is 0 Å². The van der Waals surface area contributed by atoms with Crippen molar-refractivity contribution in [3.8, 4) is 11.5 Å². The minimum Gasteiger partial charge on any atom is -0.497 e. The maximum absolute atomic E-state index is 10.3. The standard InChI is InChI=1S/C13H19NO3/c1-16-10-6-9(7-11(8-10)17-2)13(15)12-4-3-5-14-12/h6-8,12-15H,3-5H2,1-2H3. The molecule has 1 fully saturated rings. The van der Waals surface area contributed by atoms with Crippen LogP contribution in [0.3, 0.4) is 0 Å². The fourth-order valence-corrected chi connectivity index (χ4v) is 2.21. The van der Waals surface area contributed by atoms with Gasteiger partial charge in [-0.05, 0) is 37.1 Å². The third-order valence-corrected chi connectivity index (χ3v) is 3.19. The van der Waals surface area contributed by atoms with Gasteiger partial charge in [-0.25, -0.2) is 0 Å². The Balaban J connectivity index is 2.23. The summed E-state index contributed by atoms with van der Waals surface area (Å²) in [5.74, 6) is 1.41. The van der Waals surface area contributed by atoms with E-state index >= 15 is 0 Å². The summed E-state index contributed by atoms with van der Waals surface area (Å²) in [4.78, 5) is 0. The van der Waals surface area contributed by atoms with Gasteiger partial charge in [0, 0.05) is 12.1 Å². The van der Waals surface area contributed by atoms with Crippen molar-refractivity contribution in [2.45, 2.75) is 25.0 Å². The highest BCUT2D eigenvalue weighted by Gasteiger charge is 2.24. The number of methoxy groups -OCH3 is 2. The summed E-state index contributed by atoms with van der Waals surface area (Å²) in [5, 5.41) is 13.6. The summed E-state index contributed by atoms with van der Waals surface area (Å²) >= 11 is 0. The van der Waals surface area contributed by atoms with Gasteiger partial charge in [0.05, 0.1) is 20.3 Å². The minimum absolute atomic E-state index is 0.131. The maximum Gasteiger partial charge on any atom is 0.122 e. The van der Waals surface area contributed by atoms with Crippen LogP contribution in [0.2, 0.25) is 0 Å². The molecule has 1 saturated heterocycles. The van der Waals surface area contributed by atoms with Crippen LogP contribution in [-0.4, -0.2) is 31.9 Å². The maximum atomic E-state index is 10.3. The van der Waals surface area contributed by atoms with Crippen LogP contribution in [0, 0.1) is 0 Å². The average Bonchev–Trinajstić information content (AvgIpc) is 2.91. The first-order valence-electron chi connectivity index (χ1n) is 5.89. The first-order valence-corrected chi connectivity index (χ1v) is 5.89. The van der Waals surface area contributed by atoms with Gasteiger partial charge in [0.1, 0.15) is 11.5 Å². The summed E-state index contributed by atoms with van der Waals surface area (Å²) in [6, 6.07) is 5.64. The van der Waals surface area contributed by atoms with E-state index in [4.69, 9.17) is 9.47 Å². The highest BCUT2D eigenvalue weighted by atomic mass is 16.5.